The zero-order valence-electron chi connectivity index (χ0n) is 15.2. The lowest BCUT2D eigenvalue weighted by Gasteiger charge is -2.09. The first-order chi connectivity index (χ1) is 12.4. The van der Waals surface area contributed by atoms with Crippen molar-refractivity contribution in [2.75, 3.05) is 6.54 Å². The number of hydrazine groups is 1. The molecule has 0 bridgehead atoms. The van der Waals surface area contributed by atoms with Crippen LogP contribution >= 0.6 is 0 Å². The van der Waals surface area contributed by atoms with Gasteiger partial charge in [-0.25, -0.2) is 0 Å². The van der Waals surface area contributed by atoms with E-state index in [-0.39, 0.29) is 12.5 Å². The molecule has 0 spiro atoms. The van der Waals surface area contributed by atoms with Crippen LogP contribution in [0.1, 0.15) is 44.3 Å². The number of hydrogen-bond acceptors (Lipinski definition) is 3. The van der Waals surface area contributed by atoms with Crippen molar-refractivity contribution in [3.63, 3.8) is 0 Å². The van der Waals surface area contributed by atoms with Crippen LogP contribution in [0.4, 0.5) is 0 Å². The summed E-state index contributed by atoms with van der Waals surface area (Å²) in [6.07, 6.45) is 0.888. The molecule has 136 valence electrons. The molecule has 0 aliphatic heterocycles. The SMILES string of the molecule is CCc1ccc(C(=O)NNC(=O)CNC(=O)c2ccc(C)c(C)c2)cc1. The lowest BCUT2D eigenvalue weighted by atomic mass is 10.1. The average Bonchev–Trinajstić information content (AvgIpc) is 2.66. The highest BCUT2D eigenvalue weighted by atomic mass is 16.2. The van der Waals surface area contributed by atoms with E-state index in [4.69, 9.17) is 0 Å². The van der Waals surface area contributed by atoms with Crippen molar-refractivity contribution in [1.29, 1.82) is 0 Å². The van der Waals surface area contributed by atoms with Gasteiger partial charge in [0.15, 0.2) is 0 Å². The highest BCUT2D eigenvalue weighted by Crippen LogP contribution is 2.09. The molecule has 2 aromatic rings. The Morgan fingerprint density at radius 1 is 0.808 bits per heavy atom. The monoisotopic (exact) mass is 353 g/mol. The standard InChI is InChI=1S/C20H23N3O3/c1-4-15-6-9-16(10-7-15)20(26)23-22-18(24)12-21-19(25)17-8-5-13(2)14(3)11-17/h5-11H,4,12H2,1-3H3,(H,21,25)(H,22,24)(H,23,26). The van der Waals surface area contributed by atoms with Gasteiger partial charge in [0.2, 0.25) is 0 Å². The molecule has 2 rings (SSSR count). The summed E-state index contributed by atoms with van der Waals surface area (Å²) in [7, 11) is 0. The third kappa shape index (κ3) is 5.17. The van der Waals surface area contributed by atoms with Crippen molar-refractivity contribution in [3.05, 3.63) is 70.3 Å². The van der Waals surface area contributed by atoms with E-state index in [0.29, 0.717) is 11.1 Å². The molecule has 0 heterocycles. The molecule has 0 fully saturated rings. The van der Waals surface area contributed by atoms with Crippen LogP contribution in [0.5, 0.6) is 0 Å². The molecule has 6 heteroatoms. The highest BCUT2D eigenvalue weighted by Gasteiger charge is 2.10. The molecular formula is C20H23N3O3. The summed E-state index contributed by atoms with van der Waals surface area (Å²) in [6, 6.07) is 12.4. The van der Waals surface area contributed by atoms with Crippen LogP contribution in [-0.4, -0.2) is 24.3 Å². The van der Waals surface area contributed by atoms with E-state index in [1.807, 2.05) is 39.0 Å². The predicted octanol–water partition coefficient (Wildman–Crippen LogP) is 2.06. The molecular weight excluding hydrogens is 330 g/mol. The second kappa shape index (κ2) is 8.80. The maximum absolute atomic E-state index is 12.1. The van der Waals surface area contributed by atoms with Crippen molar-refractivity contribution in [1.82, 2.24) is 16.2 Å². The molecule has 0 aliphatic carbocycles. The van der Waals surface area contributed by atoms with Gasteiger partial charge in [0.25, 0.3) is 17.7 Å². The Kier molecular flexibility index (Phi) is 6.49. The fourth-order valence-electron chi connectivity index (χ4n) is 2.28. The lowest BCUT2D eigenvalue weighted by Crippen LogP contribution is -2.46. The van der Waals surface area contributed by atoms with E-state index in [1.54, 1.807) is 24.3 Å². The molecule has 3 amide bonds. The number of carbonyl (C=O) groups is 3. The normalized spacial score (nSPS) is 10.1. The summed E-state index contributed by atoms with van der Waals surface area (Å²) >= 11 is 0. The van der Waals surface area contributed by atoms with Gasteiger partial charge >= 0.3 is 0 Å². The van der Waals surface area contributed by atoms with E-state index in [2.05, 4.69) is 16.2 Å². The highest BCUT2D eigenvalue weighted by molar-refractivity contribution is 5.98. The Hall–Kier alpha value is -3.15. The van der Waals surface area contributed by atoms with Crippen molar-refractivity contribution < 1.29 is 14.4 Å². The largest absolute Gasteiger partial charge is 0.343 e. The number of rotatable bonds is 5. The van der Waals surface area contributed by atoms with Gasteiger partial charge in [0, 0.05) is 11.1 Å². The predicted molar refractivity (Wildman–Crippen MR) is 99.7 cm³/mol. The van der Waals surface area contributed by atoms with Gasteiger partial charge in [-0.2, -0.15) is 0 Å². The van der Waals surface area contributed by atoms with Gasteiger partial charge in [-0.3, -0.25) is 25.2 Å². The Morgan fingerprint density at radius 3 is 2.08 bits per heavy atom. The summed E-state index contributed by atoms with van der Waals surface area (Å²) in [5, 5.41) is 2.52. The molecule has 0 unspecified atom stereocenters. The molecule has 0 saturated heterocycles. The van der Waals surface area contributed by atoms with E-state index in [1.165, 1.54) is 0 Å². The summed E-state index contributed by atoms with van der Waals surface area (Å²) in [5.41, 5.74) is 8.76. The van der Waals surface area contributed by atoms with Gasteiger partial charge in [0.1, 0.15) is 0 Å². The second-order valence-electron chi connectivity index (χ2n) is 6.03. The second-order valence-corrected chi connectivity index (χ2v) is 6.03. The fraction of sp³-hybridized carbons (Fsp3) is 0.250. The summed E-state index contributed by atoms with van der Waals surface area (Å²) in [4.78, 5) is 35.8. The van der Waals surface area contributed by atoms with E-state index < -0.39 is 11.8 Å². The average molecular weight is 353 g/mol. The van der Waals surface area contributed by atoms with E-state index in [9.17, 15) is 14.4 Å². The number of nitrogens with one attached hydrogen (secondary N) is 3. The van der Waals surface area contributed by atoms with Gasteiger partial charge in [-0.1, -0.05) is 25.1 Å². The quantitative estimate of drug-likeness (QED) is 0.719. The van der Waals surface area contributed by atoms with Crippen LogP contribution in [0, 0.1) is 13.8 Å². The zero-order chi connectivity index (χ0) is 19.1. The first-order valence-electron chi connectivity index (χ1n) is 8.44. The molecule has 0 aliphatic rings. The molecule has 2 aromatic carbocycles. The molecule has 3 N–H and O–H groups in total. The first-order valence-corrected chi connectivity index (χ1v) is 8.44. The minimum Gasteiger partial charge on any atom is -0.343 e. The Morgan fingerprint density at radius 2 is 1.46 bits per heavy atom. The number of amides is 3. The Labute approximate surface area is 153 Å². The number of aryl methyl sites for hydroxylation is 3. The minimum atomic E-state index is -0.513. The molecule has 0 aromatic heterocycles. The Balaban J connectivity index is 1.79. The fourth-order valence-corrected chi connectivity index (χ4v) is 2.28. The summed E-state index contributed by atoms with van der Waals surface area (Å²) < 4.78 is 0. The van der Waals surface area contributed by atoms with Crippen LogP contribution in [0.25, 0.3) is 0 Å². The third-order valence-corrected chi connectivity index (χ3v) is 4.12. The maximum atomic E-state index is 12.1. The first kappa shape index (κ1) is 19.2. The minimum absolute atomic E-state index is 0.235. The van der Waals surface area contributed by atoms with Gasteiger partial charge in [-0.15, -0.1) is 0 Å². The van der Waals surface area contributed by atoms with Crippen molar-refractivity contribution >= 4 is 17.7 Å². The third-order valence-electron chi connectivity index (χ3n) is 4.12. The van der Waals surface area contributed by atoms with Crippen LogP contribution < -0.4 is 16.2 Å². The summed E-state index contributed by atoms with van der Waals surface area (Å²) in [5.74, 6) is -1.27. The number of benzene rings is 2. The maximum Gasteiger partial charge on any atom is 0.269 e. The molecule has 0 radical (unpaired) electrons. The van der Waals surface area contributed by atoms with Crippen molar-refractivity contribution in [2.24, 2.45) is 0 Å². The van der Waals surface area contributed by atoms with E-state index in [0.717, 1.165) is 23.1 Å². The number of hydrogen-bond donors (Lipinski definition) is 3. The van der Waals surface area contributed by atoms with Gasteiger partial charge in [0.05, 0.1) is 6.54 Å². The topological polar surface area (TPSA) is 87.3 Å². The smallest absolute Gasteiger partial charge is 0.269 e. The molecule has 26 heavy (non-hydrogen) atoms. The molecule has 6 nitrogen and oxygen atoms in total. The van der Waals surface area contributed by atoms with E-state index >= 15 is 0 Å². The summed E-state index contributed by atoms with van der Waals surface area (Å²) in [6.45, 7) is 5.67. The molecule has 0 saturated carbocycles. The lowest BCUT2D eigenvalue weighted by molar-refractivity contribution is -0.120. The van der Waals surface area contributed by atoms with Gasteiger partial charge in [-0.05, 0) is 61.2 Å². The van der Waals surface area contributed by atoms with Crippen LogP contribution in [-0.2, 0) is 11.2 Å². The number of carbonyl (C=O) groups excluding carboxylic acids is 3. The van der Waals surface area contributed by atoms with Crippen LogP contribution in [0.15, 0.2) is 42.5 Å². The van der Waals surface area contributed by atoms with Crippen molar-refractivity contribution in [2.45, 2.75) is 27.2 Å². The Bertz CT molecular complexity index is 814. The van der Waals surface area contributed by atoms with Crippen LogP contribution in [0.2, 0.25) is 0 Å². The zero-order valence-corrected chi connectivity index (χ0v) is 15.2. The van der Waals surface area contributed by atoms with Crippen LogP contribution in [0.3, 0.4) is 0 Å². The van der Waals surface area contributed by atoms with Gasteiger partial charge < -0.3 is 5.32 Å². The van der Waals surface area contributed by atoms with Crippen molar-refractivity contribution in [3.8, 4) is 0 Å². The molecule has 0 atom stereocenters.